The summed E-state index contributed by atoms with van der Waals surface area (Å²) in [6, 6.07) is 12.8. The molecule has 0 fully saturated rings. The first-order valence-electron chi connectivity index (χ1n) is 9.52. The van der Waals surface area contributed by atoms with Gasteiger partial charge in [-0.15, -0.1) is 0 Å². The number of nitrogens with one attached hydrogen (secondary N) is 3. The Bertz CT molecular complexity index is 852. The highest BCUT2D eigenvalue weighted by atomic mass is 16.7. The Balaban J connectivity index is 1.46. The molecule has 8 heteroatoms. The SMILES string of the molecule is CCNC(=NCc1ccc2c(c1)OCO2)NCCNC(=O)c1ccc(OC)cc1. The number of amides is 1. The van der Waals surface area contributed by atoms with Crippen molar-refractivity contribution in [2.24, 2.45) is 4.99 Å². The number of methoxy groups -OCH3 is 1. The Kier molecular flexibility index (Phi) is 7.16. The molecule has 2 aromatic carbocycles. The van der Waals surface area contributed by atoms with Gasteiger partial charge in [-0.3, -0.25) is 4.79 Å². The van der Waals surface area contributed by atoms with Crippen LogP contribution >= 0.6 is 0 Å². The Hall–Kier alpha value is -3.42. The normalized spacial score (nSPS) is 12.4. The molecule has 3 N–H and O–H groups in total. The number of carbonyl (C=O) groups is 1. The van der Waals surface area contributed by atoms with E-state index in [-0.39, 0.29) is 12.7 Å². The number of ether oxygens (including phenoxy) is 3. The topological polar surface area (TPSA) is 93.2 Å². The fraction of sp³-hybridized carbons (Fsp3) is 0.333. The van der Waals surface area contributed by atoms with E-state index in [1.54, 1.807) is 31.4 Å². The van der Waals surface area contributed by atoms with Gasteiger partial charge in [-0.25, -0.2) is 4.99 Å². The number of nitrogens with zero attached hydrogens (tertiary/aromatic N) is 1. The maximum absolute atomic E-state index is 12.2. The predicted octanol–water partition coefficient (Wildman–Crippen LogP) is 1.91. The van der Waals surface area contributed by atoms with Crippen molar-refractivity contribution in [3.63, 3.8) is 0 Å². The number of aliphatic imine (C=N–C) groups is 1. The molecule has 0 saturated carbocycles. The lowest BCUT2D eigenvalue weighted by atomic mass is 10.2. The van der Waals surface area contributed by atoms with Gasteiger partial charge in [0.15, 0.2) is 17.5 Å². The molecule has 3 rings (SSSR count). The molecular weight excluding hydrogens is 372 g/mol. The van der Waals surface area contributed by atoms with Crippen molar-refractivity contribution in [3.05, 3.63) is 53.6 Å². The molecule has 8 nitrogen and oxygen atoms in total. The van der Waals surface area contributed by atoms with Gasteiger partial charge in [-0.1, -0.05) is 6.07 Å². The van der Waals surface area contributed by atoms with Gasteiger partial charge in [-0.05, 0) is 48.9 Å². The van der Waals surface area contributed by atoms with Crippen molar-refractivity contribution >= 4 is 11.9 Å². The van der Waals surface area contributed by atoms with Crippen molar-refractivity contribution in [1.29, 1.82) is 0 Å². The summed E-state index contributed by atoms with van der Waals surface area (Å²) >= 11 is 0. The van der Waals surface area contributed by atoms with Crippen LogP contribution in [0.1, 0.15) is 22.8 Å². The summed E-state index contributed by atoms with van der Waals surface area (Å²) in [5.41, 5.74) is 1.62. The first-order chi connectivity index (χ1) is 14.2. The molecular formula is C21H26N4O4. The second-order valence-electron chi connectivity index (χ2n) is 6.29. The highest BCUT2D eigenvalue weighted by Gasteiger charge is 2.13. The van der Waals surface area contributed by atoms with Crippen molar-refractivity contribution in [1.82, 2.24) is 16.0 Å². The van der Waals surface area contributed by atoms with Gasteiger partial charge in [-0.2, -0.15) is 0 Å². The first kappa shape index (κ1) is 20.3. The van der Waals surface area contributed by atoms with E-state index >= 15 is 0 Å². The van der Waals surface area contributed by atoms with Crippen LogP contribution < -0.4 is 30.2 Å². The monoisotopic (exact) mass is 398 g/mol. The molecule has 1 amide bonds. The number of benzene rings is 2. The summed E-state index contributed by atoms with van der Waals surface area (Å²) in [6.07, 6.45) is 0. The first-order valence-corrected chi connectivity index (χ1v) is 9.52. The molecule has 29 heavy (non-hydrogen) atoms. The van der Waals surface area contributed by atoms with E-state index in [2.05, 4.69) is 20.9 Å². The van der Waals surface area contributed by atoms with Crippen molar-refractivity contribution in [2.75, 3.05) is 33.5 Å². The van der Waals surface area contributed by atoms with Gasteiger partial charge in [0.2, 0.25) is 6.79 Å². The standard InChI is InChI=1S/C21H26N4O4/c1-3-22-21(25-13-15-4-9-18-19(12-15)29-14-28-18)24-11-10-23-20(26)16-5-7-17(27-2)8-6-16/h4-9,12H,3,10-11,13-14H2,1-2H3,(H,23,26)(H2,22,24,25). The van der Waals surface area contributed by atoms with Gasteiger partial charge >= 0.3 is 0 Å². The number of carbonyl (C=O) groups excluding carboxylic acids is 1. The van der Waals surface area contributed by atoms with Crippen LogP contribution in [0.5, 0.6) is 17.2 Å². The molecule has 2 aromatic rings. The van der Waals surface area contributed by atoms with Crippen LogP contribution in [-0.2, 0) is 6.54 Å². The fourth-order valence-corrected chi connectivity index (χ4v) is 2.75. The molecule has 154 valence electrons. The van der Waals surface area contributed by atoms with Gasteiger partial charge < -0.3 is 30.2 Å². The summed E-state index contributed by atoms with van der Waals surface area (Å²) in [5.74, 6) is 2.78. The zero-order valence-corrected chi connectivity index (χ0v) is 16.7. The van der Waals surface area contributed by atoms with Crippen LogP contribution in [0.3, 0.4) is 0 Å². The van der Waals surface area contributed by atoms with Crippen molar-refractivity contribution in [3.8, 4) is 17.2 Å². The third-order valence-corrected chi connectivity index (χ3v) is 4.26. The maximum Gasteiger partial charge on any atom is 0.251 e. The van der Waals surface area contributed by atoms with Crippen LogP contribution in [0.2, 0.25) is 0 Å². The van der Waals surface area contributed by atoms with E-state index in [9.17, 15) is 4.79 Å². The lowest BCUT2D eigenvalue weighted by molar-refractivity contribution is 0.0954. The lowest BCUT2D eigenvalue weighted by Gasteiger charge is -2.12. The van der Waals surface area contributed by atoms with Gasteiger partial charge in [0, 0.05) is 25.2 Å². The van der Waals surface area contributed by atoms with Crippen LogP contribution in [-0.4, -0.2) is 45.4 Å². The number of guanidine groups is 1. The van der Waals surface area contributed by atoms with Gasteiger partial charge in [0.25, 0.3) is 5.91 Å². The molecule has 0 unspecified atom stereocenters. The van der Waals surface area contributed by atoms with E-state index in [1.807, 2.05) is 25.1 Å². The number of rotatable bonds is 8. The zero-order valence-electron chi connectivity index (χ0n) is 16.7. The number of hydrogen-bond acceptors (Lipinski definition) is 5. The van der Waals surface area contributed by atoms with Crippen molar-refractivity contribution in [2.45, 2.75) is 13.5 Å². The summed E-state index contributed by atoms with van der Waals surface area (Å²) in [7, 11) is 1.59. The number of fused-ring (bicyclic) bond motifs is 1. The Morgan fingerprint density at radius 1 is 1.03 bits per heavy atom. The summed E-state index contributed by atoms with van der Waals surface area (Å²) in [5, 5.41) is 9.29. The summed E-state index contributed by atoms with van der Waals surface area (Å²) in [4.78, 5) is 16.7. The Morgan fingerprint density at radius 3 is 2.55 bits per heavy atom. The highest BCUT2D eigenvalue weighted by molar-refractivity contribution is 5.94. The third-order valence-electron chi connectivity index (χ3n) is 4.26. The molecule has 0 aromatic heterocycles. The van der Waals surface area contributed by atoms with Gasteiger partial charge in [0.05, 0.1) is 13.7 Å². The lowest BCUT2D eigenvalue weighted by Crippen LogP contribution is -2.41. The van der Waals surface area contributed by atoms with E-state index in [4.69, 9.17) is 14.2 Å². The van der Waals surface area contributed by atoms with Crippen molar-refractivity contribution < 1.29 is 19.0 Å². The second kappa shape index (κ2) is 10.2. The molecule has 0 saturated heterocycles. The number of hydrogen-bond donors (Lipinski definition) is 3. The smallest absolute Gasteiger partial charge is 0.251 e. The Labute approximate surface area is 170 Å². The quantitative estimate of drug-likeness (QED) is 0.357. The summed E-state index contributed by atoms with van der Waals surface area (Å²) < 4.78 is 15.8. The maximum atomic E-state index is 12.2. The molecule has 0 spiro atoms. The highest BCUT2D eigenvalue weighted by Crippen LogP contribution is 2.32. The average molecular weight is 398 g/mol. The summed E-state index contributed by atoms with van der Waals surface area (Å²) in [6.45, 7) is 4.53. The molecule has 1 aliphatic rings. The minimum absolute atomic E-state index is 0.128. The van der Waals surface area contributed by atoms with Crippen LogP contribution in [0.15, 0.2) is 47.5 Å². The predicted molar refractivity (Wildman–Crippen MR) is 111 cm³/mol. The molecule has 1 heterocycles. The van der Waals surface area contributed by atoms with E-state index in [0.717, 1.165) is 29.4 Å². The van der Waals surface area contributed by atoms with E-state index in [1.165, 1.54) is 0 Å². The van der Waals surface area contributed by atoms with Crippen LogP contribution in [0.4, 0.5) is 0 Å². The second-order valence-corrected chi connectivity index (χ2v) is 6.29. The third kappa shape index (κ3) is 5.78. The molecule has 0 aliphatic carbocycles. The average Bonchev–Trinajstić information content (AvgIpc) is 3.22. The van der Waals surface area contributed by atoms with Crippen LogP contribution in [0, 0.1) is 0 Å². The molecule has 0 radical (unpaired) electrons. The molecule has 0 bridgehead atoms. The molecule has 1 aliphatic heterocycles. The zero-order chi connectivity index (χ0) is 20.5. The van der Waals surface area contributed by atoms with E-state index in [0.29, 0.717) is 31.2 Å². The minimum Gasteiger partial charge on any atom is -0.497 e. The van der Waals surface area contributed by atoms with Crippen LogP contribution in [0.25, 0.3) is 0 Å². The van der Waals surface area contributed by atoms with E-state index < -0.39 is 0 Å². The fourth-order valence-electron chi connectivity index (χ4n) is 2.75. The van der Waals surface area contributed by atoms with Gasteiger partial charge in [0.1, 0.15) is 5.75 Å². The Morgan fingerprint density at radius 2 is 1.79 bits per heavy atom. The molecule has 0 atom stereocenters. The largest absolute Gasteiger partial charge is 0.497 e. The minimum atomic E-state index is -0.128.